The Balaban J connectivity index is 1.40. The molecule has 2 N–H and O–H groups in total. The highest BCUT2D eigenvalue weighted by atomic mass is 16.2. The van der Waals surface area contributed by atoms with Gasteiger partial charge in [0.2, 0.25) is 0 Å². The van der Waals surface area contributed by atoms with Gasteiger partial charge in [0.05, 0.1) is 0 Å². The fourth-order valence-electron chi connectivity index (χ4n) is 11.7. The summed E-state index contributed by atoms with van der Waals surface area (Å²) in [4.78, 5) is 26.5. The zero-order valence-electron chi connectivity index (χ0n) is 25.6. The SMILES string of the molecule is CC(C)C1=C2[C@H]3CC[C@@H]4[C@@]5(C)C(NC(=O)NC6CC6)CCC(C)(C)[C@@H]5CC[C@@]4(C)[C@]3(C)CC[C@@]2(C)CC1=O. The Kier molecular flexibility index (Phi) is 5.91. The Hall–Kier alpha value is -1.32. The predicted molar refractivity (Wildman–Crippen MR) is 154 cm³/mol. The Bertz CT molecular complexity index is 1070. The first-order valence-electron chi connectivity index (χ1n) is 16.0. The van der Waals surface area contributed by atoms with Crippen LogP contribution in [-0.4, -0.2) is 23.9 Å². The van der Waals surface area contributed by atoms with Crippen molar-refractivity contribution in [3.63, 3.8) is 0 Å². The first-order valence-corrected chi connectivity index (χ1v) is 16.0. The molecular weight excluding hydrogens is 468 g/mol. The molecule has 6 aliphatic carbocycles. The molecule has 6 rings (SSSR count). The number of Topliss-reactive ketones (excluding diaryl/α,β-unsaturated/α-hetero) is 1. The number of allylic oxidation sites excluding steroid dienone is 2. The van der Waals surface area contributed by atoms with Gasteiger partial charge < -0.3 is 10.6 Å². The summed E-state index contributed by atoms with van der Waals surface area (Å²) in [5.41, 5.74) is 3.64. The summed E-state index contributed by atoms with van der Waals surface area (Å²) in [7, 11) is 0. The summed E-state index contributed by atoms with van der Waals surface area (Å²) in [5, 5.41) is 6.80. The lowest BCUT2D eigenvalue weighted by atomic mass is 9.32. The predicted octanol–water partition coefficient (Wildman–Crippen LogP) is 7.82. The highest BCUT2D eigenvalue weighted by Gasteiger charge is 2.70. The van der Waals surface area contributed by atoms with Crippen molar-refractivity contribution in [2.75, 3.05) is 0 Å². The molecule has 0 aromatic carbocycles. The number of fused-ring (bicyclic) bond motifs is 7. The minimum absolute atomic E-state index is 0.0639. The van der Waals surface area contributed by atoms with Crippen molar-refractivity contribution in [2.45, 2.75) is 138 Å². The molecule has 0 aromatic heterocycles. The molecule has 0 heterocycles. The van der Waals surface area contributed by atoms with E-state index in [2.05, 4.69) is 66.0 Å². The van der Waals surface area contributed by atoms with Crippen molar-refractivity contribution >= 4 is 11.8 Å². The van der Waals surface area contributed by atoms with E-state index in [1.807, 2.05) is 0 Å². The lowest BCUT2D eigenvalue weighted by Crippen LogP contribution is -2.69. The molecular formula is C34H54N2O2. The molecule has 5 fully saturated rings. The molecule has 0 aromatic rings. The van der Waals surface area contributed by atoms with Gasteiger partial charge in [-0.1, -0.05) is 61.0 Å². The highest BCUT2D eigenvalue weighted by Crippen LogP contribution is 2.76. The van der Waals surface area contributed by atoms with E-state index in [0.29, 0.717) is 40.9 Å². The van der Waals surface area contributed by atoms with Crippen LogP contribution in [0.3, 0.4) is 0 Å². The van der Waals surface area contributed by atoms with E-state index in [-0.39, 0.29) is 33.7 Å². The van der Waals surface area contributed by atoms with Gasteiger partial charge in [0.25, 0.3) is 0 Å². The van der Waals surface area contributed by atoms with Crippen LogP contribution in [0.15, 0.2) is 11.1 Å². The minimum atomic E-state index is 0.0639. The molecule has 0 bridgehead atoms. The van der Waals surface area contributed by atoms with Gasteiger partial charge in [-0.05, 0) is 121 Å². The van der Waals surface area contributed by atoms with Gasteiger partial charge >= 0.3 is 6.03 Å². The summed E-state index contributed by atoms with van der Waals surface area (Å²) in [6.45, 7) is 19.7. The van der Waals surface area contributed by atoms with E-state index < -0.39 is 0 Å². The van der Waals surface area contributed by atoms with Gasteiger partial charge in [0, 0.05) is 18.5 Å². The fraction of sp³-hybridized carbons (Fsp3) is 0.882. The molecule has 8 atom stereocenters. The first-order chi connectivity index (χ1) is 17.7. The Morgan fingerprint density at radius 2 is 1.50 bits per heavy atom. The van der Waals surface area contributed by atoms with Gasteiger partial charge in [-0.2, -0.15) is 0 Å². The first kappa shape index (κ1) is 26.9. The van der Waals surface area contributed by atoms with Crippen LogP contribution in [0.2, 0.25) is 0 Å². The monoisotopic (exact) mass is 522 g/mol. The van der Waals surface area contributed by atoms with Crippen molar-refractivity contribution in [1.82, 2.24) is 10.6 Å². The smallest absolute Gasteiger partial charge is 0.315 e. The maximum absolute atomic E-state index is 13.4. The summed E-state index contributed by atoms with van der Waals surface area (Å²) >= 11 is 0. The molecule has 0 saturated heterocycles. The molecule has 1 unspecified atom stereocenters. The molecule has 0 aliphatic heterocycles. The molecule has 0 spiro atoms. The van der Waals surface area contributed by atoms with Gasteiger partial charge in [-0.3, -0.25) is 4.79 Å². The van der Waals surface area contributed by atoms with Gasteiger partial charge in [-0.25, -0.2) is 4.79 Å². The standard InChI is InChI=1S/C34H54N2O2/c1-20(2)27-23(37)19-31(5)17-18-32(6)22(28(27)31)11-12-25-33(32,7)16-13-24-30(3,4)15-14-26(34(24,25)8)36-29(38)35-21-9-10-21/h20-22,24-26H,9-19H2,1-8H3,(H2,35,36,38)/t22-,24+,25+,26?,31+,32-,33-,34+/m1/s1. The van der Waals surface area contributed by atoms with E-state index in [4.69, 9.17) is 0 Å². The molecule has 4 nitrogen and oxygen atoms in total. The summed E-state index contributed by atoms with van der Waals surface area (Å²) < 4.78 is 0. The van der Waals surface area contributed by atoms with Gasteiger partial charge in [0.1, 0.15) is 0 Å². The van der Waals surface area contributed by atoms with E-state index in [9.17, 15) is 9.59 Å². The number of hydrogen-bond donors (Lipinski definition) is 2. The van der Waals surface area contributed by atoms with Crippen LogP contribution in [0, 0.1) is 50.7 Å². The minimum Gasteiger partial charge on any atom is -0.335 e. The Morgan fingerprint density at radius 1 is 0.789 bits per heavy atom. The van der Waals surface area contributed by atoms with Crippen molar-refractivity contribution < 1.29 is 9.59 Å². The number of hydrogen-bond acceptors (Lipinski definition) is 2. The number of carbonyl (C=O) groups excluding carboxylic acids is 2. The molecule has 0 radical (unpaired) electrons. The number of amides is 2. The second-order valence-corrected chi connectivity index (χ2v) is 16.6. The van der Waals surface area contributed by atoms with E-state index in [1.165, 1.54) is 44.1 Å². The van der Waals surface area contributed by atoms with Crippen LogP contribution in [0.4, 0.5) is 4.79 Å². The largest absolute Gasteiger partial charge is 0.335 e. The van der Waals surface area contributed by atoms with Gasteiger partial charge in [-0.15, -0.1) is 0 Å². The lowest BCUT2D eigenvalue weighted by molar-refractivity contribution is -0.219. The summed E-state index contributed by atoms with van der Waals surface area (Å²) in [6, 6.07) is 0.684. The molecule has 6 aliphatic rings. The molecule has 212 valence electrons. The normalized spacial score (nSPS) is 47.7. The van der Waals surface area contributed by atoms with Crippen LogP contribution < -0.4 is 10.6 Å². The molecule has 4 heteroatoms. The maximum atomic E-state index is 13.4. The average molecular weight is 523 g/mol. The van der Waals surface area contributed by atoms with E-state index in [0.717, 1.165) is 32.1 Å². The van der Waals surface area contributed by atoms with E-state index >= 15 is 0 Å². The molecule has 5 saturated carbocycles. The van der Waals surface area contributed by atoms with Crippen LogP contribution in [0.5, 0.6) is 0 Å². The third-order valence-corrected chi connectivity index (χ3v) is 13.9. The fourth-order valence-corrected chi connectivity index (χ4v) is 11.7. The Morgan fingerprint density at radius 3 is 2.16 bits per heavy atom. The zero-order chi connectivity index (χ0) is 27.5. The average Bonchev–Trinajstić information content (AvgIpc) is 3.57. The lowest BCUT2D eigenvalue weighted by Gasteiger charge is -2.72. The quantitative estimate of drug-likeness (QED) is 0.397. The third-order valence-electron chi connectivity index (χ3n) is 13.9. The third kappa shape index (κ3) is 3.52. The topological polar surface area (TPSA) is 58.2 Å². The maximum Gasteiger partial charge on any atom is 0.315 e. The molecule has 38 heavy (non-hydrogen) atoms. The summed E-state index contributed by atoms with van der Waals surface area (Å²) in [5.74, 6) is 2.49. The van der Waals surface area contributed by atoms with E-state index in [1.54, 1.807) is 5.57 Å². The zero-order valence-corrected chi connectivity index (χ0v) is 25.6. The van der Waals surface area contributed by atoms with Crippen LogP contribution in [0.1, 0.15) is 126 Å². The number of ketones is 1. The molecule has 2 amide bonds. The van der Waals surface area contributed by atoms with Crippen LogP contribution >= 0.6 is 0 Å². The number of nitrogens with one attached hydrogen (secondary N) is 2. The summed E-state index contributed by atoms with van der Waals surface area (Å²) in [6.07, 6.45) is 12.6. The van der Waals surface area contributed by atoms with Crippen molar-refractivity contribution in [3.05, 3.63) is 11.1 Å². The van der Waals surface area contributed by atoms with Gasteiger partial charge in [0.15, 0.2) is 5.78 Å². The highest BCUT2D eigenvalue weighted by molar-refractivity contribution is 6.00. The number of urea groups is 1. The van der Waals surface area contributed by atoms with Crippen LogP contribution in [-0.2, 0) is 4.79 Å². The second kappa shape index (κ2) is 8.35. The van der Waals surface area contributed by atoms with Crippen LogP contribution in [0.25, 0.3) is 0 Å². The van der Waals surface area contributed by atoms with Crippen molar-refractivity contribution in [1.29, 1.82) is 0 Å². The van der Waals surface area contributed by atoms with Crippen molar-refractivity contribution in [3.8, 4) is 0 Å². The Labute approximate surface area is 231 Å². The number of rotatable bonds is 3. The number of carbonyl (C=O) groups is 2. The van der Waals surface area contributed by atoms with Crippen molar-refractivity contribution in [2.24, 2.45) is 50.7 Å². The second-order valence-electron chi connectivity index (χ2n) is 16.6.